The van der Waals surface area contributed by atoms with Crippen LogP contribution in [-0.4, -0.2) is 86.1 Å². The van der Waals surface area contributed by atoms with E-state index in [-0.39, 0.29) is 17.7 Å². The minimum atomic E-state index is -0.245. The number of ether oxygens (including phenoxy) is 2. The van der Waals surface area contributed by atoms with E-state index in [1.807, 2.05) is 13.1 Å². The van der Waals surface area contributed by atoms with Crippen molar-refractivity contribution in [3.8, 4) is 0 Å². The van der Waals surface area contributed by atoms with E-state index in [2.05, 4.69) is 37.9 Å². The van der Waals surface area contributed by atoms with E-state index in [4.69, 9.17) is 9.47 Å². The summed E-state index contributed by atoms with van der Waals surface area (Å²) in [6.07, 6.45) is 7.74. The summed E-state index contributed by atoms with van der Waals surface area (Å²) in [5.41, 5.74) is 1.99. The summed E-state index contributed by atoms with van der Waals surface area (Å²) in [6.45, 7) is 2.77. The molecule has 11 heteroatoms. The Morgan fingerprint density at radius 3 is 2.64 bits per heavy atom. The van der Waals surface area contributed by atoms with E-state index in [0.29, 0.717) is 54.5 Å². The predicted octanol–water partition coefficient (Wildman–Crippen LogP) is 1.75. The van der Waals surface area contributed by atoms with Gasteiger partial charge in [0.05, 0.1) is 25.4 Å². The topological polar surface area (TPSA) is 121 Å². The van der Waals surface area contributed by atoms with Crippen molar-refractivity contribution in [1.82, 2.24) is 25.1 Å². The molecule has 36 heavy (non-hydrogen) atoms. The molecule has 1 atom stereocenters. The molecule has 0 saturated heterocycles. The molecule has 1 aliphatic carbocycles. The maximum absolute atomic E-state index is 12.8. The lowest BCUT2D eigenvalue weighted by Gasteiger charge is -2.30. The monoisotopic (exact) mass is 497 g/mol. The van der Waals surface area contributed by atoms with Gasteiger partial charge in [-0.3, -0.25) is 9.59 Å². The highest BCUT2D eigenvalue weighted by atomic mass is 16.5. The molecule has 3 aliphatic rings. The number of fused-ring (bicyclic) bond motifs is 2. The zero-order valence-electron chi connectivity index (χ0n) is 21.4. The van der Waals surface area contributed by atoms with Crippen LogP contribution >= 0.6 is 0 Å². The minimum Gasteiger partial charge on any atom is -0.497 e. The van der Waals surface area contributed by atoms with Crippen LogP contribution in [0.4, 0.5) is 11.6 Å². The SMILES string of the molecule is COC1=C(OC)C2CC(=C1)N/C=C1\C(=O)Nc3ncnc(c31)NCCCN(C)C(=O)CCCN(C)C2. The molecule has 3 N–H and O–H groups in total. The normalized spacial score (nSPS) is 23.6. The fourth-order valence-corrected chi connectivity index (χ4v) is 4.79. The summed E-state index contributed by atoms with van der Waals surface area (Å²) >= 11 is 0. The molecule has 2 aliphatic heterocycles. The highest BCUT2D eigenvalue weighted by Crippen LogP contribution is 2.35. The molecule has 194 valence electrons. The van der Waals surface area contributed by atoms with Crippen molar-refractivity contribution in [2.45, 2.75) is 25.7 Å². The van der Waals surface area contributed by atoms with Crippen LogP contribution < -0.4 is 16.0 Å². The quantitative estimate of drug-likeness (QED) is 0.561. The van der Waals surface area contributed by atoms with Gasteiger partial charge in [0.15, 0.2) is 5.76 Å². The van der Waals surface area contributed by atoms with Gasteiger partial charge in [-0.05, 0) is 32.9 Å². The second-order valence-corrected chi connectivity index (χ2v) is 9.27. The molecule has 1 aromatic heterocycles. The van der Waals surface area contributed by atoms with E-state index in [9.17, 15) is 9.59 Å². The van der Waals surface area contributed by atoms with Crippen molar-refractivity contribution >= 4 is 29.0 Å². The number of carbonyl (C=O) groups excluding carboxylic acids is 2. The second-order valence-electron chi connectivity index (χ2n) is 9.27. The van der Waals surface area contributed by atoms with Gasteiger partial charge in [-0.15, -0.1) is 0 Å². The third-order valence-corrected chi connectivity index (χ3v) is 6.67. The van der Waals surface area contributed by atoms with Crippen molar-refractivity contribution in [3.05, 3.63) is 41.4 Å². The lowest BCUT2D eigenvalue weighted by atomic mass is 9.94. The van der Waals surface area contributed by atoms with Gasteiger partial charge in [-0.2, -0.15) is 0 Å². The van der Waals surface area contributed by atoms with Gasteiger partial charge in [0, 0.05) is 57.0 Å². The molecule has 2 bridgehead atoms. The number of hydrogen-bond donors (Lipinski definition) is 3. The molecule has 0 fully saturated rings. The summed E-state index contributed by atoms with van der Waals surface area (Å²) in [7, 11) is 7.16. The van der Waals surface area contributed by atoms with Crippen molar-refractivity contribution in [2.75, 3.05) is 65.1 Å². The second kappa shape index (κ2) is 11.4. The predicted molar refractivity (Wildman–Crippen MR) is 136 cm³/mol. The molecule has 0 saturated carbocycles. The standard InChI is InChI=1S/C25H35N7O4/c1-31-9-5-7-20(33)32(2)10-6-8-26-23-21-18(25(34)30-24(21)29-15-28-23)13-27-17-11-16(14-31)22(36-4)19(12-17)35-3/h12-13,15-16,27H,5-11,14H2,1-4H3,(H2,26,28,29,30,34)/b18-13-. The Morgan fingerprint density at radius 1 is 1.06 bits per heavy atom. The lowest BCUT2D eigenvalue weighted by Crippen LogP contribution is -2.33. The third kappa shape index (κ3) is 5.62. The maximum Gasteiger partial charge on any atom is 0.259 e. The number of rotatable bonds is 2. The van der Waals surface area contributed by atoms with Crippen LogP contribution in [0.15, 0.2) is 35.8 Å². The molecule has 0 radical (unpaired) electrons. The largest absolute Gasteiger partial charge is 0.497 e. The molecular weight excluding hydrogens is 462 g/mol. The minimum absolute atomic E-state index is 0.0477. The average Bonchev–Trinajstić information content (AvgIpc) is 3.19. The first-order chi connectivity index (χ1) is 17.4. The van der Waals surface area contributed by atoms with Crippen LogP contribution in [0.25, 0.3) is 5.57 Å². The molecule has 1 unspecified atom stereocenters. The van der Waals surface area contributed by atoms with Gasteiger partial charge in [-0.25, -0.2) is 9.97 Å². The summed E-state index contributed by atoms with van der Waals surface area (Å²) in [5.74, 6) is 2.42. The number of nitrogens with zero attached hydrogens (tertiary/aromatic N) is 4. The zero-order chi connectivity index (χ0) is 25.7. The number of nitrogens with one attached hydrogen (secondary N) is 3. The van der Waals surface area contributed by atoms with E-state index >= 15 is 0 Å². The summed E-state index contributed by atoms with van der Waals surface area (Å²) in [4.78, 5) is 38.0. The highest BCUT2D eigenvalue weighted by Gasteiger charge is 2.31. The van der Waals surface area contributed by atoms with E-state index in [1.54, 1.807) is 25.3 Å². The molecule has 2 amide bonds. The van der Waals surface area contributed by atoms with Crippen LogP contribution in [-0.2, 0) is 19.1 Å². The Balaban J connectivity index is 1.66. The van der Waals surface area contributed by atoms with Crippen molar-refractivity contribution in [2.24, 2.45) is 5.92 Å². The van der Waals surface area contributed by atoms with Gasteiger partial charge in [0.2, 0.25) is 5.91 Å². The molecule has 0 aromatic carbocycles. The zero-order valence-corrected chi connectivity index (χ0v) is 21.4. The molecule has 0 spiro atoms. The van der Waals surface area contributed by atoms with Crippen LogP contribution in [0, 0.1) is 5.92 Å². The third-order valence-electron chi connectivity index (χ3n) is 6.67. The van der Waals surface area contributed by atoms with Crippen molar-refractivity contribution in [1.29, 1.82) is 0 Å². The number of amides is 2. The van der Waals surface area contributed by atoms with Gasteiger partial charge in [0.1, 0.15) is 23.7 Å². The maximum atomic E-state index is 12.8. The Labute approximate surface area is 211 Å². The molecule has 11 nitrogen and oxygen atoms in total. The van der Waals surface area contributed by atoms with Crippen LogP contribution in [0.5, 0.6) is 0 Å². The summed E-state index contributed by atoms with van der Waals surface area (Å²) < 4.78 is 11.3. The number of hydrogen-bond acceptors (Lipinski definition) is 9. The molecule has 4 rings (SSSR count). The summed E-state index contributed by atoms with van der Waals surface area (Å²) in [5, 5.41) is 9.44. The van der Waals surface area contributed by atoms with Crippen molar-refractivity contribution in [3.63, 3.8) is 0 Å². The fraction of sp³-hybridized carbons (Fsp3) is 0.520. The number of allylic oxidation sites excluding steroid dienone is 2. The first kappa shape index (κ1) is 25.5. The molecule has 1 aromatic rings. The smallest absolute Gasteiger partial charge is 0.259 e. The van der Waals surface area contributed by atoms with Crippen molar-refractivity contribution < 1.29 is 19.1 Å². The van der Waals surface area contributed by atoms with Crippen LogP contribution in [0.2, 0.25) is 0 Å². The van der Waals surface area contributed by atoms with Crippen LogP contribution in [0.1, 0.15) is 31.2 Å². The lowest BCUT2D eigenvalue weighted by molar-refractivity contribution is -0.130. The van der Waals surface area contributed by atoms with Gasteiger partial charge in [-0.1, -0.05) is 0 Å². The van der Waals surface area contributed by atoms with E-state index < -0.39 is 0 Å². The van der Waals surface area contributed by atoms with E-state index in [1.165, 1.54) is 6.33 Å². The number of methoxy groups -OCH3 is 2. The van der Waals surface area contributed by atoms with Gasteiger partial charge >= 0.3 is 0 Å². The molecule has 3 heterocycles. The summed E-state index contributed by atoms with van der Waals surface area (Å²) in [6, 6.07) is 0. The Kier molecular flexibility index (Phi) is 8.09. The number of aromatic nitrogens is 2. The highest BCUT2D eigenvalue weighted by molar-refractivity contribution is 6.32. The Hall–Kier alpha value is -3.60. The number of carbonyl (C=O) groups is 2. The van der Waals surface area contributed by atoms with Gasteiger partial charge in [0.25, 0.3) is 5.91 Å². The van der Waals surface area contributed by atoms with E-state index in [0.717, 1.165) is 37.4 Å². The van der Waals surface area contributed by atoms with Gasteiger partial charge < -0.3 is 35.2 Å². The fourth-order valence-electron chi connectivity index (χ4n) is 4.79. The Morgan fingerprint density at radius 2 is 1.86 bits per heavy atom. The van der Waals surface area contributed by atoms with Crippen LogP contribution in [0.3, 0.4) is 0 Å². The number of anilines is 2. The Bertz CT molecular complexity index is 1100. The first-order valence-electron chi connectivity index (χ1n) is 12.2. The average molecular weight is 498 g/mol. The first-order valence-corrected chi connectivity index (χ1v) is 12.2. The molecular formula is C25H35N7O4.